The largest absolute Gasteiger partial charge is 0.332 e. The maximum absolute atomic E-state index is 14.6. The smallest absolute Gasteiger partial charge is 0.272 e. The molecule has 0 radical (unpaired) electrons. The zero-order valence-electron chi connectivity index (χ0n) is 16.3. The zero-order chi connectivity index (χ0) is 21.4. The van der Waals surface area contributed by atoms with E-state index in [1.165, 1.54) is 12.4 Å². The van der Waals surface area contributed by atoms with E-state index >= 15 is 0 Å². The average molecular weight is 412 g/mol. The summed E-state index contributed by atoms with van der Waals surface area (Å²) in [5.41, 5.74) is 2.07. The van der Waals surface area contributed by atoms with Gasteiger partial charge in [0.25, 0.3) is 11.5 Å². The highest BCUT2D eigenvalue weighted by molar-refractivity contribution is 6.07. The monoisotopic (exact) mass is 412 g/mol. The van der Waals surface area contributed by atoms with Gasteiger partial charge < -0.3 is 14.9 Å². The molecule has 5 rings (SSSR count). The second-order valence-corrected chi connectivity index (χ2v) is 7.20. The number of amides is 1. The van der Waals surface area contributed by atoms with Crippen molar-refractivity contribution >= 4 is 33.4 Å². The molecule has 0 aliphatic heterocycles. The van der Waals surface area contributed by atoms with Gasteiger partial charge in [-0.15, -0.1) is 0 Å². The number of halogens is 1. The number of benzene rings is 3. The maximum atomic E-state index is 14.6. The summed E-state index contributed by atoms with van der Waals surface area (Å²) < 4.78 is 16.5. The normalized spacial score (nSPS) is 11.1. The molecule has 2 N–H and O–H groups in total. The van der Waals surface area contributed by atoms with E-state index in [1.807, 2.05) is 59.2 Å². The Morgan fingerprint density at radius 1 is 1.03 bits per heavy atom. The lowest BCUT2D eigenvalue weighted by molar-refractivity contribution is 0.101. The van der Waals surface area contributed by atoms with E-state index in [0.717, 1.165) is 22.5 Å². The third-order valence-electron chi connectivity index (χ3n) is 5.20. The van der Waals surface area contributed by atoms with Crippen LogP contribution in [0.15, 0.2) is 83.9 Å². The summed E-state index contributed by atoms with van der Waals surface area (Å²) in [7, 11) is 0. The minimum absolute atomic E-state index is 0.0764. The number of nitrogens with zero attached hydrogens (tertiary/aromatic N) is 2. The van der Waals surface area contributed by atoms with E-state index in [4.69, 9.17) is 0 Å². The van der Waals surface area contributed by atoms with Crippen molar-refractivity contribution in [3.05, 3.63) is 107 Å². The van der Waals surface area contributed by atoms with E-state index in [9.17, 15) is 14.0 Å². The highest BCUT2D eigenvalue weighted by atomic mass is 19.1. The van der Waals surface area contributed by atoms with Crippen molar-refractivity contribution in [3.8, 4) is 0 Å². The lowest BCUT2D eigenvalue weighted by atomic mass is 10.2. The number of nitrogens with one attached hydrogen (secondary N) is 2. The van der Waals surface area contributed by atoms with Crippen LogP contribution in [0.3, 0.4) is 0 Å². The van der Waals surface area contributed by atoms with Gasteiger partial charge in [-0.1, -0.05) is 48.5 Å². The molecule has 0 aliphatic carbocycles. The molecule has 31 heavy (non-hydrogen) atoms. The van der Waals surface area contributed by atoms with Crippen molar-refractivity contribution in [1.82, 2.24) is 14.5 Å². The summed E-state index contributed by atoms with van der Waals surface area (Å²) >= 11 is 0. The fourth-order valence-corrected chi connectivity index (χ4v) is 3.71. The van der Waals surface area contributed by atoms with Crippen LogP contribution >= 0.6 is 0 Å². The number of carbonyl (C=O) groups is 1. The van der Waals surface area contributed by atoms with Crippen LogP contribution in [0.25, 0.3) is 21.8 Å². The van der Waals surface area contributed by atoms with Gasteiger partial charge in [-0.25, -0.2) is 9.37 Å². The first kappa shape index (κ1) is 18.7. The number of H-pyrrole nitrogens is 1. The van der Waals surface area contributed by atoms with Gasteiger partial charge in [-0.2, -0.15) is 0 Å². The molecule has 2 heterocycles. The predicted octanol–water partition coefficient (Wildman–Crippen LogP) is 4.32. The predicted molar refractivity (Wildman–Crippen MR) is 118 cm³/mol. The van der Waals surface area contributed by atoms with E-state index < -0.39 is 17.3 Å². The van der Waals surface area contributed by atoms with Gasteiger partial charge in [-0.3, -0.25) is 9.59 Å². The Morgan fingerprint density at radius 3 is 2.65 bits per heavy atom. The molecule has 3 aromatic carbocycles. The summed E-state index contributed by atoms with van der Waals surface area (Å²) in [5.74, 6) is -1.13. The fourth-order valence-electron chi connectivity index (χ4n) is 3.71. The maximum Gasteiger partial charge on any atom is 0.272 e. The van der Waals surface area contributed by atoms with Crippen molar-refractivity contribution in [2.24, 2.45) is 0 Å². The molecule has 2 aromatic heterocycles. The number of aromatic amines is 1. The number of para-hydroxylation sites is 1. The van der Waals surface area contributed by atoms with Gasteiger partial charge in [0, 0.05) is 23.5 Å². The first-order valence-corrected chi connectivity index (χ1v) is 9.70. The summed E-state index contributed by atoms with van der Waals surface area (Å²) in [6.45, 7) is 0.487. The van der Waals surface area contributed by atoms with E-state index in [2.05, 4.69) is 15.3 Å². The highest BCUT2D eigenvalue weighted by Gasteiger charge is 2.18. The number of hydrogen-bond acceptors (Lipinski definition) is 3. The molecule has 1 amide bonds. The first-order chi connectivity index (χ1) is 15.1. The minimum atomic E-state index is -0.662. The summed E-state index contributed by atoms with van der Waals surface area (Å²) in [6, 6.07) is 21.7. The topological polar surface area (TPSA) is 79.8 Å². The van der Waals surface area contributed by atoms with Crippen LogP contribution in [0, 0.1) is 5.82 Å². The number of anilines is 1. The SMILES string of the molecule is O=C(Nc1cc2c(=O)[nH]cnc2cc1F)c1cc2ccccc2n1Cc1ccccc1. The Labute approximate surface area is 176 Å². The van der Waals surface area contributed by atoms with Gasteiger partial charge in [0.05, 0.1) is 22.9 Å². The molecule has 0 unspecified atom stereocenters. The second kappa shape index (κ2) is 7.53. The van der Waals surface area contributed by atoms with Crippen molar-refractivity contribution in [2.45, 2.75) is 6.54 Å². The van der Waals surface area contributed by atoms with E-state index in [0.29, 0.717) is 12.2 Å². The molecule has 0 aliphatic rings. The first-order valence-electron chi connectivity index (χ1n) is 9.70. The van der Waals surface area contributed by atoms with E-state index in [1.54, 1.807) is 6.07 Å². The second-order valence-electron chi connectivity index (χ2n) is 7.20. The van der Waals surface area contributed by atoms with Crippen molar-refractivity contribution in [1.29, 1.82) is 0 Å². The third-order valence-corrected chi connectivity index (χ3v) is 5.20. The van der Waals surface area contributed by atoms with Gasteiger partial charge in [-0.05, 0) is 23.8 Å². The number of aromatic nitrogens is 3. The molecule has 0 saturated heterocycles. The van der Waals surface area contributed by atoms with Crippen LogP contribution in [-0.2, 0) is 6.54 Å². The number of hydrogen-bond donors (Lipinski definition) is 2. The van der Waals surface area contributed by atoms with Gasteiger partial charge in [0.1, 0.15) is 11.5 Å². The van der Waals surface area contributed by atoms with Crippen LogP contribution in [0.2, 0.25) is 0 Å². The van der Waals surface area contributed by atoms with Crippen molar-refractivity contribution in [2.75, 3.05) is 5.32 Å². The Balaban J connectivity index is 1.57. The molecule has 0 bridgehead atoms. The van der Waals surface area contributed by atoms with Crippen LogP contribution in [0.1, 0.15) is 16.1 Å². The van der Waals surface area contributed by atoms with Gasteiger partial charge in [0.15, 0.2) is 0 Å². The molecule has 0 saturated carbocycles. The minimum Gasteiger partial charge on any atom is -0.332 e. The van der Waals surface area contributed by atoms with Gasteiger partial charge >= 0.3 is 0 Å². The molecule has 7 heteroatoms. The Hall–Kier alpha value is -4.26. The molecule has 0 atom stereocenters. The Morgan fingerprint density at radius 2 is 1.81 bits per heavy atom. The number of rotatable bonds is 4. The Kier molecular flexibility index (Phi) is 4.55. The standard InChI is InChI=1S/C24H17FN4O2/c25-18-12-19-17(23(30)27-14-26-19)11-20(18)28-24(31)22-10-16-8-4-5-9-21(16)29(22)13-15-6-2-1-3-7-15/h1-12,14H,13H2,(H,28,31)(H,26,27,30). The molecular formula is C24H17FN4O2. The average Bonchev–Trinajstić information content (AvgIpc) is 3.14. The van der Waals surface area contributed by atoms with Crippen LogP contribution < -0.4 is 10.9 Å². The molecule has 0 fully saturated rings. The van der Waals surface area contributed by atoms with Crippen LogP contribution in [0.5, 0.6) is 0 Å². The quantitative estimate of drug-likeness (QED) is 0.461. The summed E-state index contributed by atoms with van der Waals surface area (Å²) in [6.07, 6.45) is 1.21. The van der Waals surface area contributed by atoms with E-state index in [-0.39, 0.29) is 16.6 Å². The molecular weight excluding hydrogens is 395 g/mol. The lowest BCUT2D eigenvalue weighted by Crippen LogP contribution is -2.18. The van der Waals surface area contributed by atoms with Crippen molar-refractivity contribution in [3.63, 3.8) is 0 Å². The lowest BCUT2D eigenvalue weighted by Gasteiger charge is -2.12. The molecule has 0 spiro atoms. The number of carbonyl (C=O) groups excluding carboxylic acids is 1. The highest BCUT2D eigenvalue weighted by Crippen LogP contribution is 2.24. The van der Waals surface area contributed by atoms with Gasteiger partial charge in [0.2, 0.25) is 0 Å². The zero-order valence-corrected chi connectivity index (χ0v) is 16.3. The van der Waals surface area contributed by atoms with Crippen LogP contribution in [-0.4, -0.2) is 20.4 Å². The van der Waals surface area contributed by atoms with Crippen molar-refractivity contribution < 1.29 is 9.18 Å². The summed E-state index contributed by atoms with van der Waals surface area (Å²) in [4.78, 5) is 31.6. The van der Waals surface area contributed by atoms with Crippen LogP contribution in [0.4, 0.5) is 10.1 Å². The molecule has 6 nitrogen and oxygen atoms in total. The molecule has 152 valence electrons. The number of fused-ring (bicyclic) bond motifs is 2. The fraction of sp³-hybridized carbons (Fsp3) is 0.0417. The Bertz CT molecular complexity index is 1490. The summed E-state index contributed by atoms with van der Waals surface area (Å²) in [5, 5.41) is 3.72. The third kappa shape index (κ3) is 3.46. The molecule has 5 aromatic rings.